The van der Waals surface area contributed by atoms with Crippen LogP contribution < -0.4 is 10.6 Å². The highest BCUT2D eigenvalue weighted by Gasteiger charge is 2.61. The van der Waals surface area contributed by atoms with E-state index in [0.29, 0.717) is 33.9 Å². The number of carbonyl (C=O) groups is 4. The van der Waals surface area contributed by atoms with E-state index in [4.69, 9.17) is 4.74 Å². The van der Waals surface area contributed by atoms with Gasteiger partial charge in [-0.15, -0.1) is 21.7 Å². The summed E-state index contributed by atoms with van der Waals surface area (Å²) in [5, 5.41) is 15.0. The van der Waals surface area contributed by atoms with E-state index < -0.39 is 41.2 Å². The summed E-state index contributed by atoms with van der Waals surface area (Å²) < 4.78 is 5.34. The van der Waals surface area contributed by atoms with E-state index in [2.05, 4.69) is 23.8 Å². The first-order valence-electron chi connectivity index (χ1n) is 11.7. The second-order valence-electron chi connectivity index (χ2n) is 9.97. The Morgan fingerprint density at radius 1 is 1.29 bits per heavy atom. The van der Waals surface area contributed by atoms with E-state index in [1.165, 1.54) is 11.0 Å². The highest BCUT2D eigenvalue weighted by atomic mass is 31.1. The molecule has 0 spiro atoms. The van der Waals surface area contributed by atoms with Crippen LogP contribution in [-0.4, -0.2) is 76.0 Å². The Morgan fingerprint density at radius 3 is 2.47 bits per heavy atom. The Hall–Kier alpha value is -2.41. The Bertz CT molecular complexity index is 826. The lowest BCUT2D eigenvalue weighted by Gasteiger charge is -2.30. The minimum atomic E-state index is -1.36. The number of aliphatic carboxylic acids is 1. The first kappa shape index (κ1) is 27.8. The number of amides is 3. The molecular weight excluding hydrogens is 457 g/mol. The van der Waals surface area contributed by atoms with Gasteiger partial charge in [0.05, 0.1) is 0 Å². The van der Waals surface area contributed by atoms with Crippen LogP contribution in [0.25, 0.3) is 0 Å². The van der Waals surface area contributed by atoms with E-state index in [-0.39, 0.29) is 24.2 Å². The van der Waals surface area contributed by atoms with Crippen molar-refractivity contribution in [2.45, 2.75) is 70.2 Å². The fourth-order valence-corrected chi connectivity index (χ4v) is 5.15. The third-order valence-corrected chi connectivity index (χ3v) is 7.48. The lowest BCUT2D eigenvalue weighted by molar-refractivity contribution is -0.145. The summed E-state index contributed by atoms with van der Waals surface area (Å²) in [6.07, 6.45) is 5.17. The molecule has 2 fully saturated rings. The first-order valence-corrected chi connectivity index (χ1v) is 13.1. The topological polar surface area (TPSA) is 125 Å². The van der Waals surface area contributed by atoms with Crippen LogP contribution in [0, 0.1) is 11.8 Å². The van der Waals surface area contributed by atoms with E-state index in [1.54, 1.807) is 26.8 Å². The van der Waals surface area contributed by atoms with Gasteiger partial charge in [0, 0.05) is 12.5 Å². The average molecular weight is 496 g/mol. The zero-order valence-corrected chi connectivity index (χ0v) is 21.6. The van der Waals surface area contributed by atoms with Crippen LogP contribution in [0.2, 0.25) is 0 Å². The lowest BCUT2D eigenvalue weighted by Crippen LogP contribution is -2.57. The maximum absolute atomic E-state index is 13.6. The van der Waals surface area contributed by atoms with Crippen LogP contribution in [0.15, 0.2) is 25.3 Å². The molecule has 1 unspecified atom stereocenters. The normalized spacial score (nSPS) is 27.2. The molecule has 190 valence electrons. The maximum Gasteiger partial charge on any atom is 0.408 e. The largest absolute Gasteiger partial charge is 0.479 e. The molecule has 1 aliphatic carbocycles. The summed E-state index contributed by atoms with van der Waals surface area (Å²) in [4.78, 5) is 52.5. The summed E-state index contributed by atoms with van der Waals surface area (Å²) in [6.45, 7) is 14.9. The van der Waals surface area contributed by atoms with Gasteiger partial charge in [-0.2, -0.15) is 0 Å². The van der Waals surface area contributed by atoms with Gasteiger partial charge in [0.15, 0.2) is 0 Å². The van der Waals surface area contributed by atoms with Gasteiger partial charge < -0.3 is 25.4 Å². The Morgan fingerprint density at radius 2 is 1.97 bits per heavy atom. The van der Waals surface area contributed by atoms with E-state index in [0.717, 1.165) is 6.42 Å². The van der Waals surface area contributed by atoms with Crippen molar-refractivity contribution in [3.63, 3.8) is 0 Å². The standard InChI is InChI=1S/C24H38N3O6P/c1-7-10-34-14-17(25-22(32)33-23(4,5)6)20(29)27-13-15(8-2)11-18(27)19(28)26-24(21(30)31)12-16(24)9-3/h7,9,15-18,34H,1,3,8,10-14H2,2,4-6H3,(H,25,32)(H,26,28)(H,30,31)/t15-,16-,17+,18+,24-/m1/s1. The summed E-state index contributed by atoms with van der Waals surface area (Å²) in [5.41, 5.74) is -2.08. The van der Waals surface area contributed by atoms with Gasteiger partial charge in [0.25, 0.3) is 0 Å². The van der Waals surface area contributed by atoms with Crippen molar-refractivity contribution >= 4 is 32.5 Å². The number of allylic oxidation sites excluding steroid dienone is 1. The van der Waals surface area contributed by atoms with E-state index >= 15 is 0 Å². The molecule has 0 radical (unpaired) electrons. The molecule has 2 aliphatic rings. The lowest BCUT2D eigenvalue weighted by atomic mass is 10.0. The van der Waals surface area contributed by atoms with Gasteiger partial charge >= 0.3 is 12.1 Å². The number of carboxylic acid groups (broad SMARTS) is 1. The molecule has 34 heavy (non-hydrogen) atoms. The molecule has 10 heteroatoms. The van der Waals surface area contributed by atoms with Crippen molar-refractivity contribution < 1.29 is 29.0 Å². The van der Waals surface area contributed by atoms with Gasteiger partial charge in [0.2, 0.25) is 11.8 Å². The van der Waals surface area contributed by atoms with Crippen molar-refractivity contribution in [2.24, 2.45) is 11.8 Å². The summed E-state index contributed by atoms with van der Waals surface area (Å²) in [5.74, 6) is -2.20. The number of nitrogens with one attached hydrogen (secondary N) is 2. The highest BCUT2D eigenvalue weighted by Crippen LogP contribution is 2.45. The molecule has 1 saturated heterocycles. The fourth-order valence-electron chi connectivity index (χ4n) is 4.21. The molecule has 0 aromatic rings. The predicted molar refractivity (Wildman–Crippen MR) is 132 cm³/mol. The van der Waals surface area contributed by atoms with Crippen LogP contribution in [0.4, 0.5) is 4.79 Å². The maximum atomic E-state index is 13.6. The van der Waals surface area contributed by atoms with Crippen molar-refractivity contribution in [3.8, 4) is 0 Å². The number of alkyl carbamates (subject to hydrolysis) is 1. The van der Waals surface area contributed by atoms with Crippen LogP contribution in [0.5, 0.6) is 0 Å². The van der Waals surface area contributed by atoms with Crippen molar-refractivity contribution in [3.05, 3.63) is 25.3 Å². The van der Waals surface area contributed by atoms with Gasteiger partial charge in [0.1, 0.15) is 23.2 Å². The molecule has 1 heterocycles. The van der Waals surface area contributed by atoms with E-state index in [1.807, 2.05) is 6.92 Å². The fraction of sp³-hybridized carbons (Fsp3) is 0.667. The third-order valence-electron chi connectivity index (χ3n) is 6.20. The van der Waals surface area contributed by atoms with Crippen LogP contribution in [-0.2, 0) is 19.1 Å². The quantitative estimate of drug-likeness (QED) is 0.230. The second-order valence-corrected chi connectivity index (χ2v) is 11.3. The number of hydrogen-bond acceptors (Lipinski definition) is 5. The molecule has 1 saturated carbocycles. The molecular formula is C24H38N3O6P. The minimum absolute atomic E-state index is 0.104. The Kier molecular flexibility index (Phi) is 9.29. The number of carboxylic acids is 1. The van der Waals surface area contributed by atoms with Crippen LogP contribution >= 0.6 is 8.58 Å². The van der Waals surface area contributed by atoms with Crippen molar-refractivity contribution in [2.75, 3.05) is 18.9 Å². The number of hydrogen-bond donors (Lipinski definition) is 3. The van der Waals surface area contributed by atoms with Crippen LogP contribution in [0.3, 0.4) is 0 Å². The number of carbonyl (C=O) groups excluding carboxylic acids is 3. The van der Waals surface area contributed by atoms with Gasteiger partial charge in [-0.3, -0.25) is 9.59 Å². The predicted octanol–water partition coefficient (Wildman–Crippen LogP) is 2.52. The molecule has 0 aromatic heterocycles. The molecule has 6 atom stereocenters. The van der Waals surface area contributed by atoms with Gasteiger partial charge in [-0.05, 0) is 51.9 Å². The van der Waals surface area contributed by atoms with Crippen molar-refractivity contribution in [1.82, 2.24) is 15.5 Å². The Balaban J connectivity index is 2.21. The number of nitrogens with zero attached hydrogens (tertiary/aromatic N) is 1. The highest BCUT2D eigenvalue weighted by molar-refractivity contribution is 7.38. The molecule has 0 bridgehead atoms. The summed E-state index contributed by atoms with van der Waals surface area (Å²) in [7, 11) is 0.359. The number of rotatable bonds is 11. The zero-order valence-electron chi connectivity index (χ0n) is 20.6. The smallest absolute Gasteiger partial charge is 0.408 e. The van der Waals surface area contributed by atoms with Gasteiger partial charge in [-0.1, -0.05) is 25.5 Å². The average Bonchev–Trinajstić information content (AvgIpc) is 3.29. The van der Waals surface area contributed by atoms with Gasteiger partial charge in [-0.25, -0.2) is 9.59 Å². The summed E-state index contributed by atoms with van der Waals surface area (Å²) in [6, 6.07) is -1.65. The number of likely N-dealkylation sites (tertiary alicyclic amines) is 1. The van der Waals surface area contributed by atoms with E-state index in [9.17, 15) is 24.3 Å². The summed E-state index contributed by atoms with van der Waals surface area (Å²) >= 11 is 0. The molecule has 3 amide bonds. The molecule has 2 rings (SSSR count). The third kappa shape index (κ3) is 6.81. The monoisotopic (exact) mass is 495 g/mol. The molecule has 3 N–H and O–H groups in total. The molecule has 1 aliphatic heterocycles. The minimum Gasteiger partial charge on any atom is -0.479 e. The second kappa shape index (κ2) is 11.3. The SMILES string of the molecule is C=CCPC[C@H](NC(=O)OC(C)(C)C)C(=O)N1C[C@H](CC)C[C@H]1C(=O)N[C@]1(C(=O)O)C[C@H]1C=C. The van der Waals surface area contributed by atoms with Crippen LogP contribution in [0.1, 0.15) is 47.0 Å². The zero-order chi connectivity index (χ0) is 25.7. The molecule has 0 aromatic carbocycles. The first-order chi connectivity index (χ1) is 15.9. The number of ether oxygens (including phenoxy) is 1. The van der Waals surface area contributed by atoms with Crippen molar-refractivity contribution in [1.29, 1.82) is 0 Å². The Labute approximate surface area is 203 Å². The molecule has 9 nitrogen and oxygen atoms in total.